The highest BCUT2D eigenvalue weighted by molar-refractivity contribution is 5.88. The molecule has 168 valence electrons. The van der Waals surface area contributed by atoms with E-state index in [9.17, 15) is 4.91 Å². The molecule has 1 saturated carbocycles. The molecule has 4 heterocycles. The number of nitrogens with zero attached hydrogens (tertiary/aromatic N) is 6. The smallest absolute Gasteiger partial charge is 0.215 e. The first-order chi connectivity index (χ1) is 16.6. The van der Waals surface area contributed by atoms with Gasteiger partial charge in [0.1, 0.15) is 17.3 Å². The number of H-pyrrole nitrogens is 1. The standard InChI is InChI=1S/C25H21N7O2/c1-14-22(15(2)34-31-14)17-12-18(23-19(13-17)28-24(29-23)16-8-9-16)25(32-33,20-6-3-4-10-26-20)21-7-5-11-27-30-21/h3-7,10-13,16H,8-9H2,1-2H3,(H,28,29). The average molecular weight is 451 g/mol. The summed E-state index contributed by atoms with van der Waals surface area (Å²) in [6, 6.07) is 12.8. The van der Waals surface area contributed by atoms with Crippen molar-refractivity contribution in [1.82, 2.24) is 30.3 Å². The van der Waals surface area contributed by atoms with Crippen LogP contribution in [0.1, 0.15) is 53.0 Å². The van der Waals surface area contributed by atoms with Crippen molar-refractivity contribution < 1.29 is 4.52 Å². The van der Waals surface area contributed by atoms with Crippen LogP contribution in [0, 0.1) is 18.8 Å². The summed E-state index contributed by atoms with van der Waals surface area (Å²) in [5, 5.41) is 16.2. The van der Waals surface area contributed by atoms with Gasteiger partial charge in [-0.3, -0.25) is 4.98 Å². The van der Waals surface area contributed by atoms with Crippen LogP contribution in [0.15, 0.2) is 64.6 Å². The summed E-state index contributed by atoms with van der Waals surface area (Å²) in [6.45, 7) is 3.76. The van der Waals surface area contributed by atoms with Gasteiger partial charge < -0.3 is 9.51 Å². The summed E-state index contributed by atoms with van der Waals surface area (Å²) in [6.07, 6.45) is 5.38. The van der Waals surface area contributed by atoms with Crippen molar-refractivity contribution in [2.75, 3.05) is 0 Å². The molecule has 1 aliphatic carbocycles. The number of aryl methyl sites for hydroxylation is 2. The van der Waals surface area contributed by atoms with Crippen molar-refractivity contribution in [3.8, 4) is 11.1 Å². The third kappa shape index (κ3) is 3.04. The van der Waals surface area contributed by atoms with E-state index in [1.807, 2.05) is 32.0 Å². The molecule has 1 fully saturated rings. The van der Waals surface area contributed by atoms with Gasteiger partial charge in [0.05, 0.1) is 22.4 Å². The number of hydrogen-bond acceptors (Lipinski definition) is 8. The maximum absolute atomic E-state index is 12.9. The fourth-order valence-electron chi connectivity index (χ4n) is 4.62. The first-order valence-electron chi connectivity index (χ1n) is 11.1. The second kappa shape index (κ2) is 7.65. The number of aromatic nitrogens is 6. The molecule has 5 aromatic rings. The molecular weight excluding hydrogens is 430 g/mol. The van der Waals surface area contributed by atoms with E-state index in [-0.39, 0.29) is 0 Å². The molecule has 0 aliphatic heterocycles. The average Bonchev–Trinajstić information content (AvgIpc) is 3.55. The molecule has 0 amide bonds. The topological polar surface area (TPSA) is 123 Å². The lowest BCUT2D eigenvalue weighted by Gasteiger charge is -2.26. The minimum absolute atomic E-state index is 0.372. The Balaban J connectivity index is 1.73. The minimum atomic E-state index is -1.56. The van der Waals surface area contributed by atoms with E-state index in [0.717, 1.165) is 41.0 Å². The molecule has 6 rings (SSSR count). The molecule has 0 bridgehead atoms. The molecule has 1 N–H and O–H groups in total. The molecule has 0 spiro atoms. The van der Waals surface area contributed by atoms with E-state index in [2.05, 4.69) is 30.5 Å². The number of nitroso groups, excluding NO2 is 1. The Hall–Kier alpha value is -4.27. The number of nitrogens with one attached hydrogen (secondary N) is 1. The number of fused-ring (bicyclic) bond motifs is 1. The Morgan fingerprint density at radius 2 is 1.94 bits per heavy atom. The van der Waals surface area contributed by atoms with E-state index < -0.39 is 5.54 Å². The maximum atomic E-state index is 12.9. The monoisotopic (exact) mass is 451 g/mol. The van der Waals surface area contributed by atoms with Crippen LogP contribution in [0.4, 0.5) is 0 Å². The van der Waals surface area contributed by atoms with Gasteiger partial charge >= 0.3 is 0 Å². The third-order valence-electron chi connectivity index (χ3n) is 6.40. The van der Waals surface area contributed by atoms with Gasteiger partial charge in [-0.2, -0.15) is 10.2 Å². The first kappa shape index (κ1) is 20.3. The van der Waals surface area contributed by atoms with Crippen molar-refractivity contribution in [3.05, 3.63) is 94.0 Å². The van der Waals surface area contributed by atoms with Crippen LogP contribution < -0.4 is 0 Å². The van der Waals surface area contributed by atoms with E-state index in [1.54, 1.807) is 36.7 Å². The number of imidazole rings is 1. The SMILES string of the molecule is Cc1noc(C)c1-c1cc(C(N=O)(c2ccccn2)c2cccnn2)c2nc(C3CC3)[nH]c2c1. The molecule has 1 aliphatic rings. The van der Waals surface area contributed by atoms with E-state index >= 15 is 0 Å². The summed E-state index contributed by atoms with van der Waals surface area (Å²) >= 11 is 0. The molecule has 1 unspecified atom stereocenters. The fraction of sp³-hybridized carbons (Fsp3) is 0.240. The van der Waals surface area contributed by atoms with Gasteiger partial charge in [-0.25, -0.2) is 4.98 Å². The van der Waals surface area contributed by atoms with Crippen molar-refractivity contribution in [1.29, 1.82) is 0 Å². The third-order valence-corrected chi connectivity index (χ3v) is 6.40. The van der Waals surface area contributed by atoms with Crippen LogP contribution in [0.3, 0.4) is 0 Å². The number of aromatic amines is 1. The lowest BCUT2D eigenvalue weighted by molar-refractivity contribution is 0.393. The van der Waals surface area contributed by atoms with Crippen LogP contribution in [-0.4, -0.2) is 30.3 Å². The van der Waals surface area contributed by atoms with Gasteiger partial charge in [-0.15, -0.1) is 4.91 Å². The zero-order valence-electron chi connectivity index (χ0n) is 18.7. The summed E-state index contributed by atoms with van der Waals surface area (Å²) in [5.74, 6) is 1.99. The summed E-state index contributed by atoms with van der Waals surface area (Å²) in [5.41, 5.74) is 3.78. The zero-order chi connectivity index (χ0) is 23.3. The minimum Gasteiger partial charge on any atom is -0.361 e. The van der Waals surface area contributed by atoms with Gasteiger partial charge in [0.15, 0.2) is 0 Å². The summed E-state index contributed by atoms with van der Waals surface area (Å²) in [7, 11) is 0. The normalized spacial score (nSPS) is 15.4. The molecular formula is C25H21N7O2. The highest BCUT2D eigenvalue weighted by atomic mass is 16.5. The molecule has 0 radical (unpaired) electrons. The van der Waals surface area contributed by atoms with Gasteiger partial charge in [0, 0.05) is 29.4 Å². The highest BCUT2D eigenvalue weighted by Gasteiger charge is 2.44. The van der Waals surface area contributed by atoms with E-state index in [1.165, 1.54) is 0 Å². The lowest BCUT2D eigenvalue weighted by Crippen LogP contribution is -2.29. The van der Waals surface area contributed by atoms with Crippen molar-refractivity contribution in [2.45, 2.75) is 38.1 Å². The van der Waals surface area contributed by atoms with Gasteiger partial charge in [-0.05, 0) is 73.8 Å². The number of rotatable bonds is 6. The van der Waals surface area contributed by atoms with E-state index in [4.69, 9.17) is 9.51 Å². The van der Waals surface area contributed by atoms with Crippen molar-refractivity contribution in [3.63, 3.8) is 0 Å². The Morgan fingerprint density at radius 3 is 2.59 bits per heavy atom. The largest absolute Gasteiger partial charge is 0.361 e. The molecule has 1 aromatic carbocycles. The number of benzene rings is 1. The van der Waals surface area contributed by atoms with Crippen LogP contribution >= 0.6 is 0 Å². The van der Waals surface area contributed by atoms with Gasteiger partial charge in [0.25, 0.3) is 0 Å². The van der Waals surface area contributed by atoms with Crippen LogP contribution in [-0.2, 0) is 5.54 Å². The number of hydrogen-bond donors (Lipinski definition) is 1. The van der Waals surface area contributed by atoms with Gasteiger partial charge in [0.2, 0.25) is 5.54 Å². The predicted molar refractivity (Wildman–Crippen MR) is 125 cm³/mol. The van der Waals surface area contributed by atoms with Crippen molar-refractivity contribution >= 4 is 11.0 Å². The molecule has 34 heavy (non-hydrogen) atoms. The van der Waals surface area contributed by atoms with E-state index in [0.29, 0.717) is 34.1 Å². The maximum Gasteiger partial charge on any atom is 0.215 e. The highest BCUT2D eigenvalue weighted by Crippen LogP contribution is 2.45. The zero-order valence-corrected chi connectivity index (χ0v) is 18.7. The molecule has 4 aromatic heterocycles. The van der Waals surface area contributed by atoms with Gasteiger partial charge in [-0.1, -0.05) is 11.2 Å². The fourth-order valence-corrected chi connectivity index (χ4v) is 4.62. The lowest BCUT2D eigenvalue weighted by atomic mass is 9.81. The molecule has 0 saturated heterocycles. The Morgan fingerprint density at radius 1 is 1.09 bits per heavy atom. The van der Waals surface area contributed by atoms with Crippen LogP contribution in [0.5, 0.6) is 0 Å². The van der Waals surface area contributed by atoms with Crippen LogP contribution in [0.2, 0.25) is 0 Å². The predicted octanol–water partition coefficient (Wildman–Crippen LogP) is 4.96. The Labute approximate surface area is 194 Å². The molecule has 1 atom stereocenters. The molecule has 9 heteroatoms. The number of pyridine rings is 1. The second-order valence-electron chi connectivity index (χ2n) is 8.64. The quantitative estimate of drug-likeness (QED) is 0.362. The molecule has 9 nitrogen and oxygen atoms in total. The van der Waals surface area contributed by atoms with Crippen LogP contribution in [0.25, 0.3) is 22.2 Å². The second-order valence-corrected chi connectivity index (χ2v) is 8.64. The summed E-state index contributed by atoms with van der Waals surface area (Å²) in [4.78, 5) is 25.9. The first-order valence-corrected chi connectivity index (χ1v) is 11.1. The van der Waals surface area contributed by atoms with Crippen molar-refractivity contribution in [2.24, 2.45) is 5.18 Å². The Bertz CT molecular complexity index is 1450. The summed E-state index contributed by atoms with van der Waals surface area (Å²) < 4.78 is 5.44. The Kier molecular flexibility index (Phi) is 4.58.